The number of benzene rings is 1. The number of rotatable bonds is 5. The third kappa shape index (κ3) is 2.55. The van der Waals surface area contributed by atoms with Crippen LogP contribution in [0.5, 0.6) is 17.2 Å². The molecule has 0 spiro atoms. The highest BCUT2D eigenvalue weighted by Crippen LogP contribution is 2.42. The normalized spacial score (nSPS) is 10.2. The molecule has 1 aromatic carbocycles. The molecule has 1 N–H and O–H groups in total. The number of carboxylic acids is 1. The second-order valence-corrected chi connectivity index (χ2v) is 4.97. The molecule has 0 bridgehead atoms. The number of thiophene rings is 1. The Morgan fingerprint density at radius 2 is 1.65 bits per heavy atom. The number of hydrogen-bond acceptors (Lipinski definition) is 5. The zero-order chi connectivity index (χ0) is 14.7. The Morgan fingerprint density at radius 1 is 1.05 bits per heavy atom. The van der Waals surface area contributed by atoms with Crippen molar-refractivity contribution >= 4 is 17.3 Å². The predicted molar refractivity (Wildman–Crippen MR) is 76.4 cm³/mol. The second kappa shape index (κ2) is 5.83. The molecule has 2 aromatic rings. The van der Waals surface area contributed by atoms with Crippen molar-refractivity contribution in [2.75, 3.05) is 21.3 Å². The first-order chi connectivity index (χ1) is 9.60. The van der Waals surface area contributed by atoms with Crippen LogP contribution in [0, 0.1) is 0 Å². The van der Waals surface area contributed by atoms with E-state index < -0.39 is 5.97 Å². The van der Waals surface area contributed by atoms with E-state index in [0.717, 1.165) is 10.4 Å². The summed E-state index contributed by atoms with van der Waals surface area (Å²) in [5.74, 6) is 0.640. The Balaban J connectivity index is 2.53. The first kappa shape index (κ1) is 14.2. The van der Waals surface area contributed by atoms with Crippen molar-refractivity contribution in [1.29, 1.82) is 0 Å². The summed E-state index contributed by atoms with van der Waals surface area (Å²) in [6.45, 7) is 0. The van der Waals surface area contributed by atoms with Crippen LogP contribution < -0.4 is 14.2 Å². The smallest absolute Gasteiger partial charge is 0.345 e. The maximum absolute atomic E-state index is 10.9. The standard InChI is InChI=1S/C14H14O5S/c1-17-9-6-8(7-10(18-2)13(9)19-3)11-4-5-12(20-11)14(15)16/h4-7H,1-3H3,(H,15,16). The lowest BCUT2D eigenvalue weighted by Gasteiger charge is -2.13. The molecule has 0 aliphatic heterocycles. The van der Waals surface area contributed by atoms with Crippen LogP contribution in [0.1, 0.15) is 9.67 Å². The molecule has 1 aromatic heterocycles. The second-order valence-electron chi connectivity index (χ2n) is 3.88. The minimum atomic E-state index is -0.936. The van der Waals surface area contributed by atoms with Gasteiger partial charge in [0.25, 0.3) is 0 Å². The predicted octanol–water partition coefficient (Wildman–Crippen LogP) is 3.14. The van der Waals surface area contributed by atoms with Crippen molar-refractivity contribution in [3.63, 3.8) is 0 Å². The molecule has 0 unspecified atom stereocenters. The van der Waals surface area contributed by atoms with Crippen molar-refractivity contribution in [2.45, 2.75) is 0 Å². The highest BCUT2D eigenvalue weighted by atomic mass is 32.1. The molecule has 0 aliphatic carbocycles. The monoisotopic (exact) mass is 294 g/mol. The van der Waals surface area contributed by atoms with Gasteiger partial charge in [-0.1, -0.05) is 0 Å². The Labute approximate surface area is 120 Å². The molecule has 106 valence electrons. The van der Waals surface area contributed by atoms with E-state index in [0.29, 0.717) is 17.2 Å². The molecule has 0 radical (unpaired) electrons. The van der Waals surface area contributed by atoms with E-state index in [4.69, 9.17) is 19.3 Å². The van der Waals surface area contributed by atoms with Crippen LogP contribution in [-0.4, -0.2) is 32.4 Å². The van der Waals surface area contributed by atoms with Gasteiger partial charge in [0, 0.05) is 4.88 Å². The van der Waals surface area contributed by atoms with E-state index in [1.165, 1.54) is 32.7 Å². The van der Waals surface area contributed by atoms with Gasteiger partial charge in [0.15, 0.2) is 11.5 Å². The Kier molecular flexibility index (Phi) is 4.14. The van der Waals surface area contributed by atoms with Gasteiger partial charge in [0.2, 0.25) is 5.75 Å². The number of methoxy groups -OCH3 is 3. The molecule has 0 aliphatic rings. The van der Waals surface area contributed by atoms with Crippen molar-refractivity contribution in [3.8, 4) is 27.7 Å². The van der Waals surface area contributed by atoms with Gasteiger partial charge in [-0.15, -0.1) is 11.3 Å². The van der Waals surface area contributed by atoms with Gasteiger partial charge in [0.05, 0.1) is 21.3 Å². The fraction of sp³-hybridized carbons (Fsp3) is 0.214. The van der Waals surface area contributed by atoms with Crippen LogP contribution in [0.15, 0.2) is 24.3 Å². The van der Waals surface area contributed by atoms with Gasteiger partial charge in [-0.2, -0.15) is 0 Å². The van der Waals surface area contributed by atoms with Crippen molar-refractivity contribution in [2.24, 2.45) is 0 Å². The molecular weight excluding hydrogens is 280 g/mol. The minimum Gasteiger partial charge on any atom is -0.493 e. The first-order valence-corrected chi connectivity index (χ1v) is 6.55. The van der Waals surface area contributed by atoms with Gasteiger partial charge >= 0.3 is 5.97 Å². The Bertz CT molecular complexity index is 607. The van der Waals surface area contributed by atoms with E-state index >= 15 is 0 Å². The lowest BCUT2D eigenvalue weighted by Crippen LogP contribution is -1.95. The summed E-state index contributed by atoms with van der Waals surface area (Å²) in [7, 11) is 4.62. The summed E-state index contributed by atoms with van der Waals surface area (Å²) in [5.41, 5.74) is 0.817. The molecule has 0 saturated carbocycles. The highest BCUT2D eigenvalue weighted by molar-refractivity contribution is 7.17. The maximum Gasteiger partial charge on any atom is 0.345 e. The summed E-state index contributed by atoms with van der Waals surface area (Å²) in [6.07, 6.45) is 0. The Hall–Kier alpha value is -2.21. The summed E-state index contributed by atoms with van der Waals surface area (Å²) < 4.78 is 15.8. The number of hydrogen-bond donors (Lipinski definition) is 1. The summed E-state index contributed by atoms with van der Waals surface area (Å²) in [5, 5.41) is 8.97. The quantitative estimate of drug-likeness (QED) is 0.917. The molecule has 5 nitrogen and oxygen atoms in total. The number of aromatic carboxylic acids is 1. The zero-order valence-corrected chi connectivity index (χ0v) is 12.1. The molecule has 1 heterocycles. The molecule has 0 amide bonds. The molecule has 2 rings (SSSR count). The zero-order valence-electron chi connectivity index (χ0n) is 11.3. The average molecular weight is 294 g/mol. The molecule has 0 saturated heterocycles. The van der Waals surface area contributed by atoms with Crippen LogP contribution in [-0.2, 0) is 0 Å². The Morgan fingerprint density at radius 3 is 2.05 bits per heavy atom. The molecule has 0 fully saturated rings. The fourth-order valence-electron chi connectivity index (χ4n) is 1.83. The van der Waals surface area contributed by atoms with Gasteiger partial charge in [0.1, 0.15) is 4.88 Å². The summed E-state index contributed by atoms with van der Waals surface area (Å²) in [4.78, 5) is 12.0. The highest BCUT2D eigenvalue weighted by Gasteiger charge is 2.16. The van der Waals surface area contributed by atoms with Gasteiger partial charge in [-0.05, 0) is 29.8 Å². The topological polar surface area (TPSA) is 65.0 Å². The van der Waals surface area contributed by atoms with Crippen LogP contribution in [0.2, 0.25) is 0 Å². The van der Waals surface area contributed by atoms with E-state index in [1.807, 2.05) is 0 Å². The molecule has 0 atom stereocenters. The minimum absolute atomic E-state index is 0.286. The molecule has 6 heteroatoms. The van der Waals surface area contributed by atoms with Crippen LogP contribution in [0.3, 0.4) is 0 Å². The summed E-state index contributed by atoms with van der Waals surface area (Å²) >= 11 is 1.19. The lowest BCUT2D eigenvalue weighted by atomic mass is 10.1. The van der Waals surface area contributed by atoms with Gasteiger partial charge in [-0.25, -0.2) is 4.79 Å². The van der Waals surface area contributed by atoms with Crippen molar-refractivity contribution in [1.82, 2.24) is 0 Å². The van der Waals surface area contributed by atoms with Gasteiger partial charge in [-0.3, -0.25) is 0 Å². The third-order valence-corrected chi connectivity index (χ3v) is 3.89. The largest absolute Gasteiger partial charge is 0.493 e. The first-order valence-electron chi connectivity index (χ1n) is 5.74. The van der Waals surface area contributed by atoms with Gasteiger partial charge < -0.3 is 19.3 Å². The van der Waals surface area contributed by atoms with E-state index in [9.17, 15) is 4.79 Å². The van der Waals surface area contributed by atoms with E-state index in [2.05, 4.69) is 0 Å². The van der Waals surface area contributed by atoms with Crippen LogP contribution in [0.25, 0.3) is 10.4 Å². The van der Waals surface area contributed by atoms with E-state index in [1.54, 1.807) is 24.3 Å². The SMILES string of the molecule is COc1cc(-c2ccc(C(=O)O)s2)cc(OC)c1OC. The van der Waals surface area contributed by atoms with Crippen LogP contribution in [0.4, 0.5) is 0 Å². The average Bonchev–Trinajstić information content (AvgIpc) is 2.95. The fourth-order valence-corrected chi connectivity index (χ4v) is 2.66. The maximum atomic E-state index is 10.9. The third-order valence-electron chi connectivity index (χ3n) is 2.77. The molecular formula is C14H14O5S. The van der Waals surface area contributed by atoms with Crippen molar-refractivity contribution in [3.05, 3.63) is 29.1 Å². The number of ether oxygens (including phenoxy) is 3. The molecule has 20 heavy (non-hydrogen) atoms. The van der Waals surface area contributed by atoms with Crippen molar-refractivity contribution < 1.29 is 24.1 Å². The summed E-state index contributed by atoms with van der Waals surface area (Å²) in [6, 6.07) is 6.91. The van der Waals surface area contributed by atoms with Crippen LogP contribution >= 0.6 is 11.3 Å². The number of carbonyl (C=O) groups is 1. The number of carboxylic acid groups (broad SMARTS) is 1. The van der Waals surface area contributed by atoms with E-state index in [-0.39, 0.29) is 4.88 Å². The lowest BCUT2D eigenvalue weighted by molar-refractivity contribution is 0.0702.